The van der Waals surface area contributed by atoms with E-state index in [-0.39, 0.29) is 0 Å². The number of hydrogen-bond acceptors (Lipinski definition) is 6. The van der Waals surface area contributed by atoms with Gasteiger partial charge in [0.1, 0.15) is 23.0 Å². The van der Waals surface area contributed by atoms with Crippen molar-refractivity contribution in [2.75, 3.05) is 39.9 Å². The molecule has 0 aliphatic rings. The third-order valence-corrected chi connectivity index (χ3v) is 8.19. The van der Waals surface area contributed by atoms with Gasteiger partial charge in [-0.05, 0) is 119 Å². The topological polar surface area (TPSA) is 89.0 Å². The van der Waals surface area contributed by atoms with Crippen LogP contribution in [0.25, 0.3) is 0 Å². The molecular formula is C38H40N2O4. The highest BCUT2D eigenvalue weighted by Gasteiger charge is 2.22. The normalized spacial score (nSPS) is 10.8. The lowest BCUT2D eigenvalue weighted by molar-refractivity contribution is 0.414. The van der Waals surface area contributed by atoms with E-state index in [1.54, 1.807) is 28.4 Å². The molecular weight excluding hydrogens is 548 g/mol. The van der Waals surface area contributed by atoms with Crippen LogP contribution in [0, 0.1) is 0 Å². The van der Waals surface area contributed by atoms with Crippen LogP contribution in [-0.2, 0) is 25.7 Å². The van der Waals surface area contributed by atoms with Crippen LogP contribution in [0.15, 0.2) is 97.1 Å². The molecule has 0 unspecified atom stereocenters. The lowest BCUT2D eigenvalue weighted by Gasteiger charge is -2.24. The Morgan fingerprint density at radius 3 is 0.682 bits per heavy atom. The summed E-state index contributed by atoms with van der Waals surface area (Å²) in [6.07, 6.45) is 2.57. The molecule has 5 aromatic rings. The molecule has 0 aliphatic carbocycles. The monoisotopic (exact) mass is 588 g/mol. The van der Waals surface area contributed by atoms with Gasteiger partial charge in [-0.1, -0.05) is 48.5 Å². The molecule has 6 heteroatoms. The van der Waals surface area contributed by atoms with Crippen molar-refractivity contribution in [2.45, 2.75) is 25.7 Å². The van der Waals surface area contributed by atoms with Gasteiger partial charge < -0.3 is 30.4 Å². The van der Waals surface area contributed by atoms with Crippen LogP contribution in [0.1, 0.15) is 44.5 Å². The first-order valence-electron chi connectivity index (χ1n) is 14.6. The van der Waals surface area contributed by atoms with Crippen LogP contribution in [0.5, 0.6) is 23.0 Å². The van der Waals surface area contributed by atoms with Crippen molar-refractivity contribution in [3.8, 4) is 23.0 Å². The first kappa shape index (κ1) is 30.4. The lowest BCUT2D eigenvalue weighted by Crippen LogP contribution is -2.14. The third-order valence-electron chi connectivity index (χ3n) is 8.19. The Hall–Kier alpha value is -5.10. The molecule has 5 aromatic carbocycles. The summed E-state index contributed by atoms with van der Waals surface area (Å²) in [6.45, 7) is 0. The van der Waals surface area contributed by atoms with Gasteiger partial charge in [0.05, 0.1) is 28.4 Å². The largest absolute Gasteiger partial charge is 0.497 e. The number of ether oxygens (including phenoxy) is 4. The van der Waals surface area contributed by atoms with E-state index in [9.17, 15) is 0 Å². The minimum atomic E-state index is 0.643. The second-order valence-electron chi connectivity index (χ2n) is 10.8. The van der Waals surface area contributed by atoms with Gasteiger partial charge in [-0.15, -0.1) is 0 Å². The number of benzene rings is 5. The Kier molecular flexibility index (Phi) is 9.60. The summed E-state index contributed by atoms with van der Waals surface area (Å²) in [5.74, 6) is 3.26. The number of nitrogens with two attached hydrogens (primary N) is 2. The quantitative estimate of drug-likeness (QED) is 0.149. The lowest BCUT2D eigenvalue weighted by atomic mass is 9.83. The van der Waals surface area contributed by atoms with Crippen LogP contribution < -0.4 is 30.4 Å². The third kappa shape index (κ3) is 6.92. The second-order valence-corrected chi connectivity index (χ2v) is 10.8. The number of hydrogen-bond donors (Lipinski definition) is 2. The van der Waals surface area contributed by atoms with Crippen molar-refractivity contribution >= 4 is 11.4 Å². The predicted octanol–water partition coefficient (Wildman–Crippen LogP) is 7.25. The fourth-order valence-electron chi connectivity index (χ4n) is 5.61. The number of nitrogen functional groups attached to an aromatic ring is 2. The highest BCUT2D eigenvalue weighted by molar-refractivity contribution is 5.74. The summed E-state index contributed by atoms with van der Waals surface area (Å²) >= 11 is 0. The zero-order valence-corrected chi connectivity index (χ0v) is 25.9. The highest BCUT2D eigenvalue weighted by atomic mass is 16.5. The SMILES string of the molecule is COc1ccc(Cc2c(N)c(Cc3ccc(OC)cc3)c(Cc3ccc(OC)cc3)c(N)c2Cc2ccc(OC)cc2)cc1. The van der Waals surface area contributed by atoms with Crippen molar-refractivity contribution in [3.05, 3.63) is 142 Å². The first-order chi connectivity index (χ1) is 21.4. The molecule has 44 heavy (non-hydrogen) atoms. The predicted molar refractivity (Wildman–Crippen MR) is 178 cm³/mol. The molecule has 0 heterocycles. The maximum atomic E-state index is 7.22. The molecule has 226 valence electrons. The Balaban J connectivity index is 1.67. The molecule has 0 aliphatic heterocycles. The van der Waals surface area contributed by atoms with E-state index in [0.717, 1.165) is 78.9 Å². The molecule has 6 nitrogen and oxygen atoms in total. The Labute approximate surface area is 260 Å². The molecule has 0 bridgehead atoms. The van der Waals surface area contributed by atoms with Crippen LogP contribution in [-0.4, -0.2) is 28.4 Å². The van der Waals surface area contributed by atoms with Crippen molar-refractivity contribution < 1.29 is 18.9 Å². The maximum absolute atomic E-state index is 7.22. The van der Waals surface area contributed by atoms with Gasteiger partial charge in [0.15, 0.2) is 0 Å². The smallest absolute Gasteiger partial charge is 0.118 e. The van der Waals surface area contributed by atoms with Gasteiger partial charge in [0, 0.05) is 11.4 Å². The van der Waals surface area contributed by atoms with Crippen LogP contribution in [0.2, 0.25) is 0 Å². The molecule has 0 amide bonds. The average molecular weight is 589 g/mol. The summed E-state index contributed by atoms with van der Waals surface area (Å²) in [6, 6.07) is 32.5. The van der Waals surface area contributed by atoms with Crippen molar-refractivity contribution in [2.24, 2.45) is 0 Å². The number of rotatable bonds is 12. The van der Waals surface area contributed by atoms with E-state index < -0.39 is 0 Å². The zero-order valence-electron chi connectivity index (χ0n) is 25.9. The Morgan fingerprint density at radius 1 is 0.341 bits per heavy atom. The molecule has 0 fully saturated rings. The van der Waals surface area contributed by atoms with Crippen molar-refractivity contribution in [3.63, 3.8) is 0 Å². The van der Waals surface area contributed by atoms with Gasteiger partial charge in [-0.3, -0.25) is 0 Å². The Bertz CT molecular complexity index is 1430. The molecule has 0 spiro atoms. The molecule has 0 saturated carbocycles. The summed E-state index contributed by atoms with van der Waals surface area (Å²) in [5.41, 5.74) is 24.7. The first-order valence-corrected chi connectivity index (χ1v) is 14.6. The van der Waals surface area contributed by atoms with E-state index in [1.165, 1.54) is 0 Å². The van der Waals surface area contributed by atoms with E-state index in [4.69, 9.17) is 30.4 Å². The van der Waals surface area contributed by atoms with E-state index in [2.05, 4.69) is 48.5 Å². The Morgan fingerprint density at radius 2 is 0.523 bits per heavy atom. The zero-order chi connectivity index (χ0) is 31.1. The second kappa shape index (κ2) is 13.9. The van der Waals surface area contributed by atoms with E-state index in [1.807, 2.05) is 48.5 Å². The number of methoxy groups -OCH3 is 4. The fourth-order valence-corrected chi connectivity index (χ4v) is 5.61. The summed E-state index contributed by atoms with van der Waals surface area (Å²) in [4.78, 5) is 0. The molecule has 5 rings (SSSR count). The molecule has 0 aromatic heterocycles. The van der Waals surface area contributed by atoms with Gasteiger partial charge in [0.25, 0.3) is 0 Å². The van der Waals surface area contributed by atoms with Crippen molar-refractivity contribution in [1.82, 2.24) is 0 Å². The highest BCUT2D eigenvalue weighted by Crippen LogP contribution is 2.38. The molecule has 4 N–H and O–H groups in total. The van der Waals surface area contributed by atoms with Gasteiger partial charge in [-0.25, -0.2) is 0 Å². The minimum absolute atomic E-state index is 0.643. The molecule has 0 atom stereocenters. The maximum Gasteiger partial charge on any atom is 0.118 e. The van der Waals surface area contributed by atoms with Crippen LogP contribution in [0.3, 0.4) is 0 Å². The summed E-state index contributed by atoms with van der Waals surface area (Å²) < 4.78 is 21.6. The van der Waals surface area contributed by atoms with Crippen LogP contribution >= 0.6 is 0 Å². The molecule has 0 saturated heterocycles. The average Bonchev–Trinajstić information content (AvgIpc) is 3.07. The van der Waals surface area contributed by atoms with E-state index >= 15 is 0 Å². The number of anilines is 2. The van der Waals surface area contributed by atoms with Crippen LogP contribution in [0.4, 0.5) is 11.4 Å². The summed E-state index contributed by atoms with van der Waals surface area (Å²) in [7, 11) is 6.70. The standard InChI is InChI=1S/C38H40N2O4/c1-41-29-13-5-25(6-14-29)21-33-34(22-26-7-15-30(42-2)16-8-26)38(40)36(24-28-11-19-32(44-4)20-12-28)35(37(33)39)23-27-9-17-31(43-3)18-10-27/h5-20H,21-24,39-40H2,1-4H3. The minimum Gasteiger partial charge on any atom is -0.497 e. The van der Waals surface area contributed by atoms with Gasteiger partial charge in [-0.2, -0.15) is 0 Å². The summed E-state index contributed by atoms with van der Waals surface area (Å²) in [5, 5.41) is 0. The fraction of sp³-hybridized carbons (Fsp3) is 0.211. The van der Waals surface area contributed by atoms with Gasteiger partial charge in [0.2, 0.25) is 0 Å². The van der Waals surface area contributed by atoms with E-state index in [0.29, 0.717) is 25.7 Å². The van der Waals surface area contributed by atoms with Crippen molar-refractivity contribution in [1.29, 1.82) is 0 Å². The molecule has 0 radical (unpaired) electrons. The van der Waals surface area contributed by atoms with Gasteiger partial charge >= 0.3 is 0 Å².